The number of nitrogens with one attached hydrogen (secondary N) is 1. The Morgan fingerprint density at radius 2 is 1.62 bits per heavy atom. The second kappa shape index (κ2) is 14.1. The van der Waals surface area contributed by atoms with Gasteiger partial charge in [0, 0.05) is 35.1 Å². The van der Waals surface area contributed by atoms with Gasteiger partial charge in [0.05, 0.1) is 0 Å². The van der Waals surface area contributed by atoms with Gasteiger partial charge in [-0.2, -0.15) is 0 Å². The van der Waals surface area contributed by atoms with Crippen LogP contribution in [0.5, 0.6) is 5.75 Å². The maximum absolute atomic E-state index is 13.7. The van der Waals surface area contributed by atoms with Gasteiger partial charge < -0.3 is 15.0 Å². The standard InChI is InChI=1S/C30H34Cl2N2O3/c1-4-5-17-33-30(36)27(18-23-12-7-6-8-13-23)34(19-24-25(31)14-10-15-26(24)32)29(35)20-37-28-16-9-11-21(2)22(28)3/h6-16,27H,4-5,17-20H2,1-3H3,(H,33,36)/t27-/m0/s1. The van der Waals surface area contributed by atoms with Crippen molar-refractivity contribution in [1.29, 1.82) is 0 Å². The van der Waals surface area contributed by atoms with Gasteiger partial charge in [-0.3, -0.25) is 9.59 Å². The van der Waals surface area contributed by atoms with Crippen LogP contribution in [0.1, 0.15) is 42.0 Å². The van der Waals surface area contributed by atoms with Crippen LogP contribution >= 0.6 is 23.2 Å². The summed E-state index contributed by atoms with van der Waals surface area (Å²) in [7, 11) is 0. The van der Waals surface area contributed by atoms with E-state index in [9.17, 15) is 9.59 Å². The van der Waals surface area contributed by atoms with E-state index in [0.29, 0.717) is 34.3 Å². The van der Waals surface area contributed by atoms with Crippen molar-refractivity contribution in [2.24, 2.45) is 0 Å². The zero-order valence-corrected chi connectivity index (χ0v) is 23.1. The van der Waals surface area contributed by atoms with Crippen LogP contribution < -0.4 is 10.1 Å². The Balaban J connectivity index is 1.95. The summed E-state index contributed by atoms with van der Waals surface area (Å²) in [4.78, 5) is 28.8. The molecule has 0 aliphatic carbocycles. The van der Waals surface area contributed by atoms with Gasteiger partial charge in [0.25, 0.3) is 5.91 Å². The Hall–Kier alpha value is -3.02. The van der Waals surface area contributed by atoms with Crippen LogP contribution in [-0.2, 0) is 22.6 Å². The molecule has 0 aliphatic rings. The molecule has 0 heterocycles. The minimum Gasteiger partial charge on any atom is -0.483 e. The number of benzene rings is 3. The smallest absolute Gasteiger partial charge is 0.261 e. The number of nitrogens with zero attached hydrogens (tertiary/aromatic N) is 1. The fourth-order valence-corrected chi connectivity index (χ4v) is 4.53. The van der Waals surface area contributed by atoms with E-state index in [2.05, 4.69) is 12.2 Å². The van der Waals surface area contributed by atoms with Crippen molar-refractivity contribution in [1.82, 2.24) is 10.2 Å². The summed E-state index contributed by atoms with van der Waals surface area (Å²) in [5, 5.41) is 3.88. The zero-order chi connectivity index (χ0) is 26.8. The van der Waals surface area contributed by atoms with Gasteiger partial charge >= 0.3 is 0 Å². The van der Waals surface area contributed by atoms with E-state index in [1.165, 1.54) is 4.90 Å². The fraction of sp³-hybridized carbons (Fsp3) is 0.333. The van der Waals surface area contributed by atoms with Crippen molar-refractivity contribution in [3.63, 3.8) is 0 Å². The summed E-state index contributed by atoms with van der Waals surface area (Å²) >= 11 is 13.0. The monoisotopic (exact) mass is 540 g/mol. The summed E-state index contributed by atoms with van der Waals surface area (Å²) in [6.07, 6.45) is 2.14. The van der Waals surface area contributed by atoms with Crippen molar-refractivity contribution in [2.75, 3.05) is 13.2 Å². The average Bonchev–Trinajstić information content (AvgIpc) is 2.89. The molecule has 3 aromatic rings. The molecule has 0 saturated carbocycles. The predicted molar refractivity (Wildman–Crippen MR) is 150 cm³/mol. The molecule has 1 atom stereocenters. The van der Waals surface area contributed by atoms with Gasteiger partial charge in [-0.25, -0.2) is 0 Å². The van der Waals surface area contributed by atoms with Crippen molar-refractivity contribution in [3.05, 3.63) is 99.0 Å². The number of hydrogen-bond donors (Lipinski definition) is 1. The molecule has 0 fully saturated rings. The molecule has 0 saturated heterocycles. The summed E-state index contributed by atoms with van der Waals surface area (Å²) in [5.74, 6) is 0.0834. The molecule has 0 aliphatic heterocycles. The lowest BCUT2D eigenvalue weighted by atomic mass is 10.0. The molecular formula is C30H34Cl2N2O3. The first kappa shape index (κ1) is 28.5. The Labute approximate surface area is 229 Å². The van der Waals surface area contributed by atoms with Crippen LogP contribution in [0.15, 0.2) is 66.7 Å². The van der Waals surface area contributed by atoms with Crippen LogP contribution in [0.2, 0.25) is 10.0 Å². The third-order valence-electron chi connectivity index (χ3n) is 6.40. The normalized spacial score (nSPS) is 11.6. The molecule has 0 unspecified atom stereocenters. The highest BCUT2D eigenvalue weighted by Crippen LogP contribution is 2.28. The first-order valence-electron chi connectivity index (χ1n) is 12.5. The Bertz CT molecular complexity index is 1180. The molecule has 7 heteroatoms. The highest BCUT2D eigenvalue weighted by molar-refractivity contribution is 6.36. The molecule has 0 spiro atoms. The molecule has 0 bridgehead atoms. The van der Waals surface area contributed by atoms with Gasteiger partial charge in [0.1, 0.15) is 11.8 Å². The van der Waals surface area contributed by atoms with E-state index < -0.39 is 6.04 Å². The van der Waals surface area contributed by atoms with E-state index >= 15 is 0 Å². The van der Waals surface area contributed by atoms with Crippen molar-refractivity contribution >= 4 is 35.0 Å². The Morgan fingerprint density at radius 1 is 0.946 bits per heavy atom. The molecule has 37 heavy (non-hydrogen) atoms. The van der Waals surface area contributed by atoms with Crippen LogP contribution in [0.25, 0.3) is 0 Å². The lowest BCUT2D eigenvalue weighted by Crippen LogP contribution is -2.52. The number of hydrogen-bond acceptors (Lipinski definition) is 3. The molecule has 5 nitrogen and oxygen atoms in total. The number of ether oxygens (including phenoxy) is 1. The highest BCUT2D eigenvalue weighted by Gasteiger charge is 2.31. The van der Waals surface area contributed by atoms with Crippen LogP contribution in [0.4, 0.5) is 0 Å². The van der Waals surface area contributed by atoms with Gasteiger partial charge in [0.15, 0.2) is 6.61 Å². The summed E-state index contributed by atoms with van der Waals surface area (Å²) in [5.41, 5.74) is 3.57. The van der Waals surface area contributed by atoms with E-state index in [-0.39, 0.29) is 25.0 Å². The third kappa shape index (κ3) is 7.98. The molecule has 0 aromatic heterocycles. The summed E-state index contributed by atoms with van der Waals surface area (Å²) in [6, 6.07) is 19.8. The molecule has 3 rings (SSSR count). The molecule has 196 valence electrons. The van der Waals surface area contributed by atoms with Gasteiger partial charge in [-0.15, -0.1) is 0 Å². The van der Waals surface area contributed by atoms with E-state index in [1.54, 1.807) is 18.2 Å². The zero-order valence-electron chi connectivity index (χ0n) is 21.6. The second-order valence-electron chi connectivity index (χ2n) is 9.06. The second-order valence-corrected chi connectivity index (χ2v) is 9.87. The Morgan fingerprint density at radius 3 is 2.30 bits per heavy atom. The molecule has 2 amide bonds. The molecule has 0 radical (unpaired) electrons. The number of carbonyl (C=O) groups excluding carboxylic acids is 2. The lowest BCUT2D eigenvalue weighted by molar-refractivity contribution is -0.142. The number of rotatable bonds is 12. The highest BCUT2D eigenvalue weighted by atomic mass is 35.5. The van der Waals surface area contributed by atoms with Gasteiger partial charge in [-0.05, 0) is 55.2 Å². The SMILES string of the molecule is CCCCNC(=O)[C@H](Cc1ccccc1)N(Cc1c(Cl)cccc1Cl)C(=O)COc1cccc(C)c1C. The maximum Gasteiger partial charge on any atom is 0.261 e. The van der Waals surface area contributed by atoms with Crippen LogP contribution in [0, 0.1) is 13.8 Å². The minimum atomic E-state index is -0.777. The first-order valence-corrected chi connectivity index (χ1v) is 13.3. The number of amides is 2. The third-order valence-corrected chi connectivity index (χ3v) is 7.11. The average molecular weight is 542 g/mol. The van der Waals surface area contributed by atoms with Crippen LogP contribution in [0.3, 0.4) is 0 Å². The molecule has 1 N–H and O–H groups in total. The molecule has 3 aromatic carbocycles. The van der Waals surface area contributed by atoms with E-state index in [1.807, 2.05) is 62.4 Å². The van der Waals surface area contributed by atoms with E-state index in [0.717, 1.165) is 29.5 Å². The fourth-order valence-electron chi connectivity index (χ4n) is 4.02. The molecular weight excluding hydrogens is 507 g/mol. The maximum atomic E-state index is 13.7. The summed E-state index contributed by atoms with van der Waals surface area (Å²) < 4.78 is 5.95. The van der Waals surface area contributed by atoms with Crippen LogP contribution in [-0.4, -0.2) is 35.9 Å². The van der Waals surface area contributed by atoms with Gasteiger partial charge in [0.2, 0.25) is 5.91 Å². The largest absolute Gasteiger partial charge is 0.483 e. The first-order chi connectivity index (χ1) is 17.8. The van der Waals surface area contributed by atoms with Gasteiger partial charge in [-0.1, -0.05) is 85.1 Å². The van der Waals surface area contributed by atoms with Crippen molar-refractivity contribution in [3.8, 4) is 5.75 Å². The van der Waals surface area contributed by atoms with Crippen molar-refractivity contribution in [2.45, 2.75) is 52.6 Å². The topological polar surface area (TPSA) is 58.6 Å². The number of unbranched alkanes of at least 4 members (excludes halogenated alkanes) is 1. The van der Waals surface area contributed by atoms with Crippen molar-refractivity contribution < 1.29 is 14.3 Å². The summed E-state index contributed by atoms with van der Waals surface area (Å²) in [6.45, 7) is 6.40. The predicted octanol–water partition coefficient (Wildman–Crippen LogP) is 6.55. The number of carbonyl (C=O) groups is 2. The lowest BCUT2D eigenvalue weighted by Gasteiger charge is -2.32. The van der Waals surface area contributed by atoms with E-state index in [4.69, 9.17) is 27.9 Å². The minimum absolute atomic E-state index is 0.0756. The number of aryl methyl sites for hydroxylation is 1. The number of halogens is 2. The Kier molecular flexibility index (Phi) is 10.8. The quantitative estimate of drug-likeness (QED) is 0.265.